The molecule has 2 atom stereocenters. The number of benzene rings is 2. The lowest BCUT2D eigenvalue weighted by Gasteiger charge is -2.34. The Morgan fingerprint density at radius 3 is 2.48 bits per heavy atom. The number of rotatable bonds is 5. The number of hydrogen-bond acceptors (Lipinski definition) is 5. The number of carbonyl (C=O) groups is 1. The molecule has 1 fully saturated rings. The maximum atomic E-state index is 13.1. The number of aryl methyl sites for hydroxylation is 1. The number of carbonyl (C=O) groups excluding carboxylic acids is 1. The number of ether oxygens (including phenoxy) is 2. The first kappa shape index (κ1) is 21.3. The molecule has 0 unspecified atom stereocenters. The highest BCUT2D eigenvalue weighted by molar-refractivity contribution is 7.89. The van der Waals surface area contributed by atoms with Crippen molar-refractivity contribution in [2.75, 3.05) is 25.5 Å². The summed E-state index contributed by atoms with van der Waals surface area (Å²) in [5, 5.41) is 2.80. The molecule has 0 saturated carbocycles. The summed E-state index contributed by atoms with van der Waals surface area (Å²) in [6, 6.07) is 11.5. The van der Waals surface area contributed by atoms with Gasteiger partial charge >= 0.3 is 0 Å². The highest BCUT2D eigenvalue weighted by atomic mass is 32.2. The summed E-state index contributed by atoms with van der Waals surface area (Å²) >= 11 is 0. The fraction of sp³-hybridized carbons (Fsp3) is 0.381. The minimum Gasteiger partial charge on any atom is -0.495 e. The third-order valence-electron chi connectivity index (χ3n) is 4.72. The van der Waals surface area contributed by atoms with Crippen LogP contribution in [0.3, 0.4) is 0 Å². The van der Waals surface area contributed by atoms with Crippen LogP contribution >= 0.6 is 0 Å². The summed E-state index contributed by atoms with van der Waals surface area (Å²) in [6.07, 6.45) is -0.373. The van der Waals surface area contributed by atoms with Crippen LogP contribution in [0.4, 0.5) is 5.69 Å². The normalized spacial score (nSPS) is 20.3. The monoisotopic (exact) mass is 418 g/mol. The minimum absolute atomic E-state index is 0.0858. The van der Waals surface area contributed by atoms with E-state index < -0.39 is 15.9 Å². The molecule has 2 aromatic carbocycles. The van der Waals surface area contributed by atoms with Crippen molar-refractivity contribution in [2.24, 2.45) is 0 Å². The molecular weight excluding hydrogens is 392 g/mol. The molecule has 1 heterocycles. The largest absolute Gasteiger partial charge is 0.495 e. The van der Waals surface area contributed by atoms with Gasteiger partial charge < -0.3 is 14.8 Å². The molecule has 156 valence electrons. The summed E-state index contributed by atoms with van der Waals surface area (Å²) in [7, 11) is -2.20. The number of nitrogens with one attached hydrogen (secondary N) is 1. The third kappa shape index (κ3) is 4.77. The Labute approximate surface area is 171 Å². The molecule has 1 aliphatic rings. The topological polar surface area (TPSA) is 84.9 Å². The van der Waals surface area contributed by atoms with E-state index >= 15 is 0 Å². The molecule has 0 aliphatic carbocycles. The number of hydrogen-bond donors (Lipinski definition) is 1. The van der Waals surface area contributed by atoms with Crippen LogP contribution in [0.5, 0.6) is 5.75 Å². The molecule has 1 N–H and O–H groups in total. The van der Waals surface area contributed by atoms with Crippen molar-refractivity contribution in [1.82, 2.24) is 4.31 Å². The maximum absolute atomic E-state index is 13.1. The van der Waals surface area contributed by atoms with E-state index in [9.17, 15) is 13.2 Å². The number of amides is 1. The summed E-state index contributed by atoms with van der Waals surface area (Å²) in [5.74, 6) is 0.124. The summed E-state index contributed by atoms with van der Waals surface area (Å²) in [6.45, 7) is 6.16. The Kier molecular flexibility index (Phi) is 6.26. The highest BCUT2D eigenvalue weighted by Gasteiger charge is 2.32. The lowest BCUT2D eigenvalue weighted by molar-refractivity contribution is -0.0440. The fourth-order valence-corrected chi connectivity index (χ4v) is 5.02. The quantitative estimate of drug-likeness (QED) is 0.807. The van der Waals surface area contributed by atoms with Gasteiger partial charge in [-0.3, -0.25) is 4.79 Å². The standard InChI is InChI=1S/C21H26N2O5S/c1-14-8-9-20(27-4)19(10-14)22-21(24)17-6-5-7-18(11-17)29(25,26)23-12-15(2)28-16(3)13-23/h5-11,15-16H,12-13H2,1-4H3,(H,22,24)/t15-,16-/m0/s1. The lowest BCUT2D eigenvalue weighted by atomic mass is 10.1. The van der Waals surface area contributed by atoms with Crippen LogP contribution in [0.1, 0.15) is 29.8 Å². The zero-order valence-corrected chi connectivity index (χ0v) is 17.8. The first-order chi connectivity index (χ1) is 13.7. The Bertz CT molecular complexity index is 996. The van der Waals surface area contributed by atoms with Crippen LogP contribution in [-0.2, 0) is 14.8 Å². The lowest BCUT2D eigenvalue weighted by Crippen LogP contribution is -2.48. The summed E-state index contributed by atoms with van der Waals surface area (Å²) in [4.78, 5) is 12.8. The van der Waals surface area contributed by atoms with Gasteiger partial charge in [-0.2, -0.15) is 4.31 Å². The molecule has 1 aliphatic heterocycles. The van der Waals surface area contributed by atoms with Crippen molar-refractivity contribution in [3.63, 3.8) is 0 Å². The van der Waals surface area contributed by atoms with Crippen LogP contribution < -0.4 is 10.1 Å². The van der Waals surface area contributed by atoms with Crippen molar-refractivity contribution in [2.45, 2.75) is 37.9 Å². The van der Waals surface area contributed by atoms with Crippen molar-refractivity contribution >= 4 is 21.6 Å². The van der Waals surface area contributed by atoms with Crippen LogP contribution in [0, 0.1) is 6.92 Å². The van der Waals surface area contributed by atoms with E-state index in [0.29, 0.717) is 11.4 Å². The van der Waals surface area contributed by atoms with Crippen molar-refractivity contribution < 1.29 is 22.7 Å². The van der Waals surface area contributed by atoms with Crippen LogP contribution in [0.2, 0.25) is 0 Å². The van der Waals surface area contributed by atoms with E-state index in [1.165, 1.54) is 23.5 Å². The van der Waals surface area contributed by atoms with Gasteiger partial charge in [-0.1, -0.05) is 12.1 Å². The number of morpholine rings is 1. The van der Waals surface area contributed by atoms with Crippen LogP contribution in [0.15, 0.2) is 47.4 Å². The molecule has 8 heteroatoms. The average molecular weight is 419 g/mol. The molecule has 0 radical (unpaired) electrons. The van der Waals surface area contributed by atoms with Gasteiger partial charge in [0.2, 0.25) is 10.0 Å². The zero-order valence-electron chi connectivity index (χ0n) is 17.0. The van der Waals surface area contributed by atoms with E-state index in [-0.39, 0.29) is 35.8 Å². The summed E-state index contributed by atoms with van der Waals surface area (Å²) in [5.41, 5.74) is 1.75. The van der Waals surface area contributed by atoms with Crippen LogP contribution in [-0.4, -0.2) is 51.0 Å². The molecule has 2 aromatic rings. The Morgan fingerprint density at radius 2 is 1.83 bits per heavy atom. The molecule has 29 heavy (non-hydrogen) atoms. The predicted molar refractivity (Wildman–Crippen MR) is 111 cm³/mol. The third-order valence-corrected chi connectivity index (χ3v) is 6.55. The molecular formula is C21H26N2O5S. The first-order valence-electron chi connectivity index (χ1n) is 9.42. The van der Waals surface area contributed by atoms with Crippen molar-refractivity contribution in [3.05, 3.63) is 53.6 Å². The molecule has 0 bridgehead atoms. The Balaban J connectivity index is 1.86. The van der Waals surface area contributed by atoms with Gasteiger partial charge in [-0.25, -0.2) is 8.42 Å². The molecule has 1 saturated heterocycles. The van der Waals surface area contributed by atoms with Gasteiger partial charge in [-0.05, 0) is 56.7 Å². The van der Waals surface area contributed by atoms with Crippen molar-refractivity contribution in [1.29, 1.82) is 0 Å². The summed E-state index contributed by atoms with van der Waals surface area (Å²) < 4.78 is 38.5. The smallest absolute Gasteiger partial charge is 0.255 e. The molecule has 0 spiro atoms. The second-order valence-electron chi connectivity index (χ2n) is 7.27. The van der Waals surface area contributed by atoms with Gasteiger partial charge in [0.1, 0.15) is 5.75 Å². The maximum Gasteiger partial charge on any atom is 0.255 e. The van der Waals surface area contributed by atoms with E-state index in [4.69, 9.17) is 9.47 Å². The Hall–Kier alpha value is -2.42. The second-order valence-corrected chi connectivity index (χ2v) is 9.20. The van der Waals surface area contributed by atoms with E-state index in [1.54, 1.807) is 24.3 Å². The van der Waals surface area contributed by atoms with E-state index in [2.05, 4.69) is 5.32 Å². The van der Waals surface area contributed by atoms with Gasteiger partial charge in [0.25, 0.3) is 5.91 Å². The first-order valence-corrected chi connectivity index (χ1v) is 10.9. The molecule has 7 nitrogen and oxygen atoms in total. The average Bonchev–Trinajstić information content (AvgIpc) is 2.67. The fourth-order valence-electron chi connectivity index (χ4n) is 3.39. The van der Waals surface area contributed by atoms with Gasteiger partial charge in [0.15, 0.2) is 0 Å². The zero-order chi connectivity index (χ0) is 21.2. The predicted octanol–water partition coefficient (Wildman–Crippen LogP) is 3.05. The minimum atomic E-state index is -3.73. The van der Waals surface area contributed by atoms with Crippen LogP contribution in [0.25, 0.3) is 0 Å². The van der Waals surface area contributed by atoms with Gasteiger partial charge in [0.05, 0.1) is 29.9 Å². The number of sulfonamides is 1. The number of nitrogens with zero attached hydrogens (tertiary/aromatic N) is 1. The molecule has 0 aromatic heterocycles. The molecule has 1 amide bonds. The molecule has 3 rings (SSSR count). The van der Waals surface area contributed by atoms with Gasteiger partial charge in [-0.15, -0.1) is 0 Å². The van der Waals surface area contributed by atoms with Gasteiger partial charge in [0, 0.05) is 18.7 Å². The van der Waals surface area contributed by atoms with Crippen molar-refractivity contribution in [3.8, 4) is 5.75 Å². The number of anilines is 1. The highest BCUT2D eigenvalue weighted by Crippen LogP contribution is 2.26. The Morgan fingerprint density at radius 1 is 1.14 bits per heavy atom. The SMILES string of the molecule is COc1ccc(C)cc1NC(=O)c1cccc(S(=O)(=O)N2C[C@H](C)O[C@@H](C)C2)c1. The second kappa shape index (κ2) is 8.52. The van der Waals surface area contributed by atoms with E-state index in [0.717, 1.165) is 5.56 Å². The number of methoxy groups -OCH3 is 1. The van der Waals surface area contributed by atoms with E-state index in [1.807, 2.05) is 26.8 Å².